The Balaban J connectivity index is 1.38. The lowest BCUT2D eigenvalue weighted by atomic mass is 10.1. The lowest BCUT2D eigenvalue weighted by Crippen LogP contribution is -2.15. The summed E-state index contributed by atoms with van der Waals surface area (Å²) in [6.45, 7) is 5.28. The number of carbonyl (C=O) groups excluding carboxylic acids is 2. The minimum absolute atomic E-state index is 0.00501. The molecule has 0 bridgehead atoms. The molecular formula is C32H44F3NO11. The fraction of sp³-hybridized carbons (Fsp3) is 0.562. The molecule has 0 aliphatic heterocycles. The van der Waals surface area contributed by atoms with E-state index in [9.17, 15) is 22.8 Å². The predicted octanol–water partition coefficient (Wildman–Crippen LogP) is 4.29. The van der Waals surface area contributed by atoms with E-state index in [0.717, 1.165) is 12.1 Å². The molecule has 47 heavy (non-hydrogen) atoms. The zero-order valence-electron chi connectivity index (χ0n) is 26.6. The van der Waals surface area contributed by atoms with Crippen molar-refractivity contribution in [1.82, 2.24) is 0 Å². The second-order valence-corrected chi connectivity index (χ2v) is 9.50. The summed E-state index contributed by atoms with van der Waals surface area (Å²) >= 11 is 0. The Kier molecular flexibility index (Phi) is 21.0. The fourth-order valence-electron chi connectivity index (χ4n) is 3.65. The molecule has 0 aliphatic carbocycles. The average molecular weight is 676 g/mol. The van der Waals surface area contributed by atoms with Crippen LogP contribution in [0.5, 0.6) is 0 Å². The molecule has 2 aromatic rings. The number of hydrogen-bond donors (Lipinski definition) is 1. The lowest BCUT2D eigenvalue weighted by molar-refractivity contribution is -0.142. The Morgan fingerprint density at radius 3 is 1.57 bits per heavy atom. The first-order valence-corrected chi connectivity index (χ1v) is 15.1. The van der Waals surface area contributed by atoms with Gasteiger partial charge < -0.3 is 47.9 Å². The van der Waals surface area contributed by atoms with Crippen LogP contribution in [-0.4, -0.2) is 118 Å². The molecule has 264 valence electrons. The van der Waals surface area contributed by atoms with Gasteiger partial charge in [0.15, 0.2) is 0 Å². The third kappa shape index (κ3) is 19.2. The SMILES string of the molecule is COC(=O)CCOCCOCCOCCOCCOCCOCCOCCOC(=O)c1ccccc1Nc1cccc(C(F)(F)F)c1. The molecule has 0 spiro atoms. The van der Waals surface area contributed by atoms with Gasteiger partial charge in [-0.05, 0) is 30.3 Å². The van der Waals surface area contributed by atoms with Crippen LogP contribution in [0.4, 0.5) is 24.5 Å². The maximum absolute atomic E-state index is 13.0. The van der Waals surface area contributed by atoms with Crippen LogP contribution in [0.15, 0.2) is 48.5 Å². The molecule has 0 atom stereocenters. The van der Waals surface area contributed by atoms with Crippen molar-refractivity contribution in [2.45, 2.75) is 12.6 Å². The topological polar surface area (TPSA) is 129 Å². The Hall–Kier alpha value is -3.31. The molecule has 0 aromatic heterocycles. The molecule has 0 amide bonds. The first-order chi connectivity index (χ1) is 22.8. The highest BCUT2D eigenvalue weighted by Gasteiger charge is 2.30. The van der Waals surface area contributed by atoms with Crippen molar-refractivity contribution in [3.8, 4) is 0 Å². The van der Waals surface area contributed by atoms with Crippen molar-refractivity contribution in [2.24, 2.45) is 0 Å². The van der Waals surface area contributed by atoms with Crippen molar-refractivity contribution < 1.29 is 65.4 Å². The van der Waals surface area contributed by atoms with E-state index in [0.29, 0.717) is 91.6 Å². The van der Waals surface area contributed by atoms with E-state index in [1.807, 2.05) is 0 Å². The number of rotatable bonds is 27. The highest BCUT2D eigenvalue weighted by atomic mass is 19.4. The maximum Gasteiger partial charge on any atom is 0.416 e. The maximum atomic E-state index is 13.0. The summed E-state index contributed by atoms with van der Waals surface area (Å²) in [6, 6.07) is 11.1. The summed E-state index contributed by atoms with van der Waals surface area (Å²) < 4.78 is 86.5. The smallest absolute Gasteiger partial charge is 0.416 e. The van der Waals surface area contributed by atoms with Crippen LogP contribution in [-0.2, 0) is 53.6 Å². The number of alkyl halides is 3. The third-order valence-corrected chi connectivity index (χ3v) is 5.99. The highest BCUT2D eigenvalue weighted by Crippen LogP contribution is 2.32. The van der Waals surface area contributed by atoms with Crippen LogP contribution in [0.3, 0.4) is 0 Å². The van der Waals surface area contributed by atoms with Crippen molar-refractivity contribution in [3.63, 3.8) is 0 Å². The van der Waals surface area contributed by atoms with Crippen LogP contribution in [0.1, 0.15) is 22.3 Å². The van der Waals surface area contributed by atoms with Gasteiger partial charge in [-0.1, -0.05) is 18.2 Å². The number of carbonyl (C=O) groups is 2. The van der Waals surface area contributed by atoms with Gasteiger partial charge in [-0.2, -0.15) is 13.2 Å². The van der Waals surface area contributed by atoms with Gasteiger partial charge in [-0.3, -0.25) is 4.79 Å². The number of hydrogen-bond acceptors (Lipinski definition) is 12. The molecule has 0 radical (unpaired) electrons. The fourth-order valence-corrected chi connectivity index (χ4v) is 3.65. The van der Waals surface area contributed by atoms with Crippen LogP contribution in [0.2, 0.25) is 0 Å². The monoisotopic (exact) mass is 675 g/mol. The van der Waals surface area contributed by atoms with Gasteiger partial charge in [-0.25, -0.2) is 4.79 Å². The van der Waals surface area contributed by atoms with Crippen LogP contribution < -0.4 is 5.32 Å². The Morgan fingerprint density at radius 2 is 1.09 bits per heavy atom. The second-order valence-electron chi connectivity index (χ2n) is 9.50. The van der Waals surface area contributed by atoms with Crippen LogP contribution in [0, 0.1) is 0 Å². The Bertz CT molecular complexity index is 1140. The van der Waals surface area contributed by atoms with Crippen molar-refractivity contribution in [1.29, 1.82) is 0 Å². The van der Waals surface area contributed by atoms with E-state index in [1.165, 1.54) is 25.3 Å². The second kappa shape index (κ2) is 24.8. The molecule has 0 saturated heterocycles. The molecule has 0 saturated carbocycles. The van der Waals surface area contributed by atoms with E-state index in [4.69, 9.17) is 37.9 Å². The van der Waals surface area contributed by atoms with E-state index in [1.54, 1.807) is 18.2 Å². The van der Waals surface area contributed by atoms with Crippen LogP contribution in [0.25, 0.3) is 0 Å². The number of ether oxygens (including phenoxy) is 9. The van der Waals surface area contributed by atoms with Gasteiger partial charge in [0.1, 0.15) is 6.61 Å². The van der Waals surface area contributed by atoms with Crippen LogP contribution >= 0.6 is 0 Å². The minimum atomic E-state index is -4.48. The number of esters is 2. The predicted molar refractivity (Wildman–Crippen MR) is 164 cm³/mol. The summed E-state index contributed by atoms with van der Waals surface area (Å²) in [6.07, 6.45) is -4.26. The van der Waals surface area contributed by atoms with E-state index < -0.39 is 17.7 Å². The average Bonchev–Trinajstić information content (AvgIpc) is 3.06. The van der Waals surface area contributed by atoms with E-state index >= 15 is 0 Å². The number of anilines is 2. The Labute approximate surface area is 272 Å². The zero-order valence-corrected chi connectivity index (χ0v) is 26.6. The number of halogens is 3. The first-order valence-electron chi connectivity index (χ1n) is 15.1. The van der Waals surface area contributed by atoms with Gasteiger partial charge >= 0.3 is 18.1 Å². The normalized spacial score (nSPS) is 11.4. The minimum Gasteiger partial charge on any atom is -0.469 e. The van der Waals surface area contributed by atoms with Gasteiger partial charge in [0.05, 0.1) is 123 Å². The summed E-state index contributed by atoms with van der Waals surface area (Å²) in [7, 11) is 1.34. The van der Waals surface area contributed by atoms with Gasteiger partial charge in [0.25, 0.3) is 0 Å². The summed E-state index contributed by atoms with van der Waals surface area (Å²) in [5.74, 6) is -0.939. The molecule has 15 heteroatoms. The molecule has 2 rings (SSSR count). The first kappa shape index (κ1) is 39.9. The quantitative estimate of drug-likeness (QED) is 0.107. The van der Waals surface area contributed by atoms with Crippen molar-refractivity contribution >= 4 is 23.3 Å². The lowest BCUT2D eigenvalue weighted by Gasteiger charge is -2.13. The molecule has 2 aromatic carbocycles. The number of benzene rings is 2. The summed E-state index contributed by atoms with van der Waals surface area (Å²) in [5, 5.41) is 2.85. The number of nitrogens with one attached hydrogen (secondary N) is 1. The van der Waals surface area contributed by atoms with Crippen molar-refractivity contribution in [3.05, 3.63) is 59.7 Å². The zero-order chi connectivity index (χ0) is 34.0. The molecule has 1 N–H and O–H groups in total. The summed E-state index contributed by atoms with van der Waals surface area (Å²) in [5.41, 5.74) is -0.102. The van der Waals surface area contributed by atoms with Gasteiger partial charge in [0.2, 0.25) is 0 Å². The molecule has 0 heterocycles. The van der Waals surface area contributed by atoms with Gasteiger partial charge in [0, 0.05) is 5.69 Å². The summed E-state index contributed by atoms with van der Waals surface area (Å²) in [4.78, 5) is 23.5. The molecule has 0 aliphatic rings. The van der Waals surface area contributed by atoms with E-state index in [2.05, 4.69) is 10.1 Å². The Morgan fingerprint density at radius 1 is 0.617 bits per heavy atom. The van der Waals surface area contributed by atoms with Crippen molar-refractivity contribution in [2.75, 3.05) is 112 Å². The number of para-hydroxylation sites is 1. The highest BCUT2D eigenvalue weighted by molar-refractivity contribution is 5.96. The largest absolute Gasteiger partial charge is 0.469 e. The molecule has 12 nitrogen and oxygen atoms in total. The van der Waals surface area contributed by atoms with Gasteiger partial charge in [-0.15, -0.1) is 0 Å². The third-order valence-electron chi connectivity index (χ3n) is 5.99. The standard InChI is InChI=1S/C32H44F3NO11/c1-39-30(37)9-10-40-11-12-41-13-14-42-15-16-43-17-18-44-19-20-45-21-22-46-23-24-47-31(38)28-7-2-3-8-29(28)36-27-6-4-5-26(25-27)32(33,34)35/h2-8,25,36H,9-24H2,1H3. The van der Waals surface area contributed by atoms with E-state index in [-0.39, 0.29) is 36.9 Å². The number of methoxy groups -OCH3 is 1. The molecule has 0 fully saturated rings. The molecular weight excluding hydrogens is 631 g/mol. The molecule has 0 unspecified atom stereocenters.